The maximum Gasteiger partial charge on any atom is 0.113 e. The lowest BCUT2D eigenvalue weighted by atomic mass is 9.66. The summed E-state index contributed by atoms with van der Waals surface area (Å²) in [5.74, 6) is 1.77. The van der Waals surface area contributed by atoms with E-state index in [2.05, 4.69) is 62.9 Å². The molecule has 1 aromatic heterocycles. The molecule has 0 radical (unpaired) electrons. The van der Waals surface area contributed by atoms with Crippen LogP contribution in [0.25, 0.3) is 0 Å². The fourth-order valence-corrected chi connectivity index (χ4v) is 8.03. The molecule has 9 heteroatoms. The second-order valence-corrected chi connectivity index (χ2v) is 13.6. The van der Waals surface area contributed by atoms with Crippen LogP contribution in [0.2, 0.25) is 0 Å². The first-order valence-electron chi connectivity index (χ1n) is 15.5. The van der Waals surface area contributed by atoms with Crippen LogP contribution in [0.3, 0.4) is 0 Å². The lowest BCUT2D eigenvalue weighted by Crippen LogP contribution is -2.46. The molecule has 218 valence electrons. The number of anilines is 3. The highest BCUT2D eigenvalue weighted by Gasteiger charge is 2.45. The van der Waals surface area contributed by atoms with E-state index < -0.39 is 12.2 Å². The Hall–Kier alpha value is -2.30. The summed E-state index contributed by atoms with van der Waals surface area (Å²) < 4.78 is 2.08. The molecule has 3 aliphatic carbocycles. The summed E-state index contributed by atoms with van der Waals surface area (Å²) in [7, 11) is 2.19. The van der Waals surface area contributed by atoms with Gasteiger partial charge in [-0.1, -0.05) is 19.4 Å². The predicted molar refractivity (Wildman–Crippen MR) is 159 cm³/mol. The first-order valence-corrected chi connectivity index (χ1v) is 15.5. The number of hydrogen-bond acceptors (Lipinski definition) is 8. The topological polar surface area (TPSA) is 123 Å². The van der Waals surface area contributed by atoms with E-state index in [1.807, 2.05) is 12.3 Å². The molecule has 3 fully saturated rings. The largest absolute Gasteiger partial charge is 0.390 e. The average Bonchev–Trinajstić information content (AvgIpc) is 3.58. The van der Waals surface area contributed by atoms with Gasteiger partial charge in [0.15, 0.2) is 0 Å². The molecule has 3 saturated carbocycles. The van der Waals surface area contributed by atoms with Crippen molar-refractivity contribution in [2.75, 3.05) is 36.2 Å². The van der Waals surface area contributed by atoms with Gasteiger partial charge in [0.05, 0.1) is 42.5 Å². The summed E-state index contributed by atoms with van der Waals surface area (Å²) in [4.78, 5) is 2.42. The van der Waals surface area contributed by atoms with Crippen LogP contribution in [0.5, 0.6) is 0 Å². The Kier molecular flexibility index (Phi) is 6.78. The first-order chi connectivity index (χ1) is 19.3. The van der Waals surface area contributed by atoms with Crippen molar-refractivity contribution in [2.24, 2.45) is 17.6 Å². The minimum absolute atomic E-state index is 0.0509. The maximum atomic E-state index is 11.0. The van der Waals surface area contributed by atoms with E-state index in [0.717, 1.165) is 36.7 Å². The molecule has 40 heavy (non-hydrogen) atoms. The second kappa shape index (κ2) is 10.2. The lowest BCUT2D eigenvalue weighted by Gasteiger charge is -2.43. The lowest BCUT2D eigenvalue weighted by molar-refractivity contribution is -0.00683. The zero-order chi connectivity index (χ0) is 27.6. The van der Waals surface area contributed by atoms with Gasteiger partial charge in [0.1, 0.15) is 11.9 Å². The van der Waals surface area contributed by atoms with Gasteiger partial charge >= 0.3 is 0 Å². The Morgan fingerprint density at radius 3 is 2.62 bits per heavy atom. The predicted octanol–water partition coefficient (Wildman–Crippen LogP) is 3.50. The zero-order valence-electron chi connectivity index (χ0n) is 23.9. The number of benzene rings is 1. The molecule has 9 nitrogen and oxygen atoms in total. The van der Waals surface area contributed by atoms with Crippen molar-refractivity contribution in [2.45, 2.75) is 100 Å². The molecule has 5 aliphatic rings. The molecule has 0 spiro atoms. The Labute approximate surface area is 237 Å². The van der Waals surface area contributed by atoms with Gasteiger partial charge in [-0.2, -0.15) is 0 Å². The Morgan fingerprint density at radius 1 is 1.05 bits per heavy atom. The maximum absolute atomic E-state index is 11.0. The minimum atomic E-state index is -0.778. The number of rotatable bonds is 8. The molecule has 0 bridgehead atoms. The summed E-state index contributed by atoms with van der Waals surface area (Å²) in [6, 6.07) is 9.39. The number of aromatic nitrogens is 1. The SMILES string of the molecule is CN(C[C@H]1C[C@@H](n2ccc3c2NCNC3N)[C@H](O)[C@@H]1O)[C@H]1C[C@@H](CCC2Nc3ccc(C4(C)CCC4)cc3N2)C1. The van der Waals surface area contributed by atoms with Crippen LogP contribution >= 0.6 is 0 Å². The highest BCUT2D eigenvalue weighted by molar-refractivity contribution is 5.75. The third-order valence-corrected chi connectivity index (χ3v) is 11.0. The van der Waals surface area contributed by atoms with Crippen LogP contribution in [0, 0.1) is 11.8 Å². The molecule has 3 heterocycles. The van der Waals surface area contributed by atoms with Gasteiger partial charge in [-0.05, 0) is 87.1 Å². The van der Waals surface area contributed by atoms with Crippen molar-refractivity contribution >= 4 is 17.2 Å². The molecular formula is C31H47N7O2. The van der Waals surface area contributed by atoms with Crippen molar-refractivity contribution in [3.63, 3.8) is 0 Å². The van der Waals surface area contributed by atoms with Crippen LogP contribution < -0.4 is 27.0 Å². The molecule has 1 aromatic carbocycles. The summed E-state index contributed by atoms with van der Waals surface area (Å²) in [5.41, 5.74) is 11.6. The number of aliphatic hydroxyl groups excluding tert-OH is 2. The van der Waals surface area contributed by atoms with E-state index >= 15 is 0 Å². The third-order valence-electron chi connectivity index (χ3n) is 11.0. The normalized spacial score (nSPS) is 35.6. The van der Waals surface area contributed by atoms with Gasteiger partial charge in [0.25, 0.3) is 0 Å². The molecule has 2 aliphatic heterocycles. The molecule has 2 unspecified atom stereocenters. The Morgan fingerprint density at radius 2 is 1.85 bits per heavy atom. The van der Waals surface area contributed by atoms with Crippen LogP contribution in [-0.4, -0.2) is 64.4 Å². The van der Waals surface area contributed by atoms with Crippen molar-refractivity contribution < 1.29 is 10.2 Å². The molecule has 0 saturated heterocycles. The van der Waals surface area contributed by atoms with E-state index in [4.69, 9.17) is 5.73 Å². The number of nitrogens with two attached hydrogens (primary N) is 1. The fourth-order valence-electron chi connectivity index (χ4n) is 8.03. The molecule has 7 rings (SSSR count). The highest BCUT2D eigenvalue weighted by Crippen LogP contribution is 2.46. The highest BCUT2D eigenvalue weighted by atomic mass is 16.3. The summed E-state index contributed by atoms with van der Waals surface area (Å²) in [6.07, 6.45) is 10.1. The van der Waals surface area contributed by atoms with Gasteiger partial charge in [0, 0.05) is 30.3 Å². The van der Waals surface area contributed by atoms with Gasteiger partial charge < -0.3 is 41.4 Å². The van der Waals surface area contributed by atoms with E-state index in [-0.39, 0.29) is 18.1 Å². The average molecular weight is 550 g/mol. The van der Waals surface area contributed by atoms with Gasteiger partial charge in [-0.15, -0.1) is 0 Å². The Bertz CT molecular complexity index is 1220. The van der Waals surface area contributed by atoms with Gasteiger partial charge in [0.2, 0.25) is 0 Å². The van der Waals surface area contributed by atoms with Crippen LogP contribution in [0.15, 0.2) is 30.5 Å². The molecule has 2 aromatic rings. The third kappa shape index (κ3) is 4.60. The number of aliphatic hydroxyl groups is 2. The second-order valence-electron chi connectivity index (χ2n) is 13.6. The van der Waals surface area contributed by atoms with Crippen molar-refractivity contribution in [3.8, 4) is 0 Å². The van der Waals surface area contributed by atoms with Crippen molar-refractivity contribution in [3.05, 3.63) is 41.6 Å². The summed E-state index contributed by atoms with van der Waals surface area (Å²) in [5, 5.41) is 35.9. The number of nitrogens with one attached hydrogen (secondary N) is 4. The van der Waals surface area contributed by atoms with Crippen LogP contribution in [-0.2, 0) is 5.41 Å². The first kappa shape index (κ1) is 26.6. The number of fused-ring (bicyclic) bond motifs is 2. The van der Waals surface area contributed by atoms with E-state index in [0.29, 0.717) is 24.3 Å². The number of nitrogens with zero attached hydrogens (tertiary/aromatic N) is 2. The minimum Gasteiger partial charge on any atom is -0.390 e. The van der Waals surface area contributed by atoms with Crippen LogP contribution in [0.4, 0.5) is 17.2 Å². The Balaban J connectivity index is 0.874. The molecular weight excluding hydrogens is 502 g/mol. The zero-order valence-corrected chi connectivity index (χ0v) is 23.9. The number of hydrogen-bond donors (Lipinski definition) is 7. The van der Waals surface area contributed by atoms with E-state index in [1.54, 1.807) is 0 Å². The summed E-state index contributed by atoms with van der Waals surface area (Å²) in [6.45, 7) is 3.81. The summed E-state index contributed by atoms with van der Waals surface area (Å²) >= 11 is 0. The monoisotopic (exact) mass is 549 g/mol. The quantitative estimate of drug-likeness (QED) is 0.267. The molecule has 6 atom stereocenters. The molecule has 8 N–H and O–H groups in total. The van der Waals surface area contributed by atoms with Crippen molar-refractivity contribution in [1.29, 1.82) is 0 Å². The smallest absolute Gasteiger partial charge is 0.113 e. The van der Waals surface area contributed by atoms with Gasteiger partial charge in [-0.3, -0.25) is 5.32 Å². The van der Waals surface area contributed by atoms with Crippen molar-refractivity contribution in [1.82, 2.24) is 14.8 Å². The van der Waals surface area contributed by atoms with Crippen LogP contribution in [0.1, 0.15) is 81.6 Å². The standard InChI is InChI=1S/C31H47N7O2/c1-31(9-3-10-31)20-5-6-23-24(15-20)36-26(35-23)7-4-18-12-21(13-18)37(2)16-19-14-25(28(40)27(19)39)38-11-8-22-29(32)33-17-34-30(22)38/h5-6,8,11,15,18-19,21,25-29,33-36,39-40H,3-4,7,9-10,12-14,16-17,32H2,1-2H3/t18-,19-,21+,25-,26?,27-,28+,29?/m1/s1. The molecule has 0 amide bonds. The van der Waals surface area contributed by atoms with E-state index in [1.165, 1.54) is 55.5 Å². The van der Waals surface area contributed by atoms with E-state index in [9.17, 15) is 10.2 Å². The fraction of sp³-hybridized carbons (Fsp3) is 0.677. The van der Waals surface area contributed by atoms with Gasteiger partial charge in [-0.25, -0.2) is 0 Å².